The summed E-state index contributed by atoms with van der Waals surface area (Å²) in [5, 5.41) is 9.93. The van der Waals surface area contributed by atoms with Gasteiger partial charge in [-0.2, -0.15) is 5.26 Å². The Labute approximate surface area is 150 Å². The predicted molar refractivity (Wildman–Crippen MR) is 94.4 cm³/mol. The highest BCUT2D eigenvalue weighted by molar-refractivity contribution is 8.03. The molecule has 0 N–H and O–H groups in total. The normalized spacial score (nSPS) is 14.3. The molecule has 25 heavy (non-hydrogen) atoms. The molecule has 1 aliphatic heterocycles. The van der Waals surface area contributed by atoms with Crippen LogP contribution < -0.4 is 4.90 Å². The van der Waals surface area contributed by atoms with Gasteiger partial charge in [-0.05, 0) is 25.0 Å². The summed E-state index contributed by atoms with van der Waals surface area (Å²) in [6.45, 7) is 3.52. The molecule has 1 aromatic rings. The second-order valence-corrected chi connectivity index (χ2v) is 6.21. The molecule has 0 saturated heterocycles. The summed E-state index contributed by atoms with van der Waals surface area (Å²) in [4.78, 5) is 25.7. The molecular weight excluding hydrogens is 340 g/mol. The van der Waals surface area contributed by atoms with E-state index in [1.807, 2.05) is 42.3 Å². The van der Waals surface area contributed by atoms with E-state index in [1.54, 1.807) is 0 Å². The largest absolute Gasteiger partial charge is 0.463 e. The summed E-state index contributed by atoms with van der Waals surface area (Å²) >= 11 is 1.40. The summed E-state index contributed by atoms with van der Waals surface area (Å²) < 4.78 is 10.1. The van der Waals surface area contributed by atoms with Crippen molar-refractivity contribution in [1.82, 2.24) is 0 Å². The molecule has 0 unspecified atom stereocenters. The molecule has 7 heteroatoms. The van der Waals surface area contributed by atoms with E-state index in [9.17, 15) is 14.9 Å². The molecule has 1 aliphatic rings. The van der Waals surface area contributed by atoms with Crippen LogP contribution in [-0.4, -0.2) is 25.6 Å². The molecule has 130 valence electrons. The third-order valence-electron chi connectivity index (χ3n) is 3.44. The Bertz CT molecular complexity index is 752. The predicted octanol–water partition coefficient (Wildman–Crippen LogP) is 3.36. The van der Waals surface area contributed by atoms with Gasteiger partial charge in [0.05, 0.1) is 12.3 Å². The topological polar surface area (TPSA) is 79.6 Å². The highest BCUT2D eigenvalue weighted by atomic mass is 32.2. The van der Waals surface area contributed by atoms with Crippen LogP contribution in [0.25, 0.3) is 0 Å². The van der Waals surface area contributed by atoms with E-state index < -0.39 is 11.9 Å². The number of para-hydroxylation sites is 1. The van der Waals surface area contributed by atoms with Crippen molar-refractivity contribution in [1.29, 1.82) is 5.26 Å². The maximum absolute atomic E-state index is 11.9. The molecule has 6 nitrogen and oxygen atoms in total. The molecule has 1 heterocycles. The first-order valence-corrected chi connectivity index (χ1v) is 8.53. The first-order chi connectivity index (χ1) is 12.1. The number of fused-ring (bicyclic) bond motifs is 1. The number of nitriles is 1. The molecule has 0 saturated carbocycles. The first kappa shape index (κ1) is 18.6. The number of nitrogens with zero attached hydrogens (tertiary/aromatic N) is 2. The van der Waals surface area contributed by atoms with Crippen LogP contribution in [0.15, 0.2) is 52.6 Å². The molecule has 0 aliphatic carbocycles. The third-order valence-corrected chi connectivity index (χ3v) is 4.65. The van der Waals surface area contributed by atoms with Crippen LogP contribution in [0.2, 0.25) is 0 Å². The number of anilines is 1. The fraction of sp³-hybridized carbons (Fsp3) is 0.278. The summed E-state index contributed by atoms with van der Waals surface area (Å²) in [5.74, 6) is -0.976. The summed E-state index contributed by atoms with van der Waals surface area (Å²) in [5.41, 5.74) is 0.968. The Morgan fingerprint density at radius 1 is 1.36 bits per heavy atom. The standard InChI is InChI=1S/C18H18N2O4S/c1-3-16(21)23-11-7-6-10-17(22)24-14(12-19)18-20(2)13-8-4-5-9-15(13)25-18/h3-5,8-9H,1,6-7,10-11H2,2H3/b18-14-. The lowest BCUT2D eigenvalue weighted by Crippen LogP contribution is -2.14. The zero-order valence-corrected chi connectivity index (χ0v) is 14.7. The lowest BCUT2D eigenvalue weighted by molar-refractivity contribution is -0.139. The molecule has 0 aromatic heterocycles. The lowest BCUT2D eigenvalue weighted by atomic mass is 10.2. The second-order valence-electron chi connectivity index (χ2n) is 5.18. The number of ether oxygens (including phenoxy) is 2. The minimum absolute atomic E-state index is 0.00761. The Kier molecular flexibility index (Phi) is 6.66. The number of benzene rings is 1. The van der Waals surface area contributed by atoms with Gasteiger partial charge in [-0.25, -0.2) is 4.79 Å². The molecule has 1 aromatic carbocycles. The molecule has 0 radical (unpaired) electrons. The van der Waals surface area contributed by atoms with E-state index in [0.717, 1.165) is 16.7 Å². The Hall–Kier alpha value is -2.72. The lowest BCUT2D eigenvalue weighted by Gasteiger charge is -2.14. The van der Waals surface area contributed by atoms with Crippen molar-refractivity contribution < 1.29 is 19.1 Å². The van der Waals surface area contributed by atoms with E-state index in [1.165, 1.54) is 11.8 Å². The second kappa shape index (κ2) is 8.94. The van der Waals surface area contributed by atoms with Crippen molar-refractivity contribution in [2.24, 2.45) is 0 Å². The Balaban J connectivity index is 1.88. The molecule has 0 atom stereocenters. The maximum atomic E-state index is 11.9. The number of unbranched alkanes of at least 4 members (excludes halogenated alkanes) is 1. The van der Waals surface area contributed by atoms with Crippen LogP contribution in [0.3, 0.4) is 0 Å². The zero-order chi connectivity index (χ0) is 18.2. The average Bonchev–Trinajstić information content (AvgIpc) is 2.96. The highest BCUT2D eigenvalue weighted by Gasteiger charge is 2.26. The quantitative estimate of drug-likeness (QED) is 0.243. The first-order valence-electron chi connectivity index (χ1n) is 7.71. The number of carbonyl (C=O) groups is 2. The molecule has 0 spiro atoms. The smallest absolute Gasteiger partial charge is 0.330 e. The van der Waals surface area contributed by atoms with Gasteiger partial charge in [0.1, 0.15) is 11.1 Å². The van der Waals surface area contributed by atoms with Crippen molar-refractivity contribution in [2.75, 3.05) is 18.6 Å². The number of carbonyl (C=O) groups excluding carboxylic acids is 2. The van der Waals surface area contributed by atoms with Gasteiger partial charge in [0, 0.05) is 24.4 Å². The van der Waals surface area contributed by atoms with E-state index in [2.05, 4.69) is 6.58 Å². The van der Waals surface area contributed by atoms with Gasteiger partial charge in [0.15, 0.2) is 0 Å². The van der Waals surface area contributed by atoms with E-state index in [-0.39, 0.29) is 18.8 Å². The average molecular weight is 358 g/mol. The molecular formula is C18H18N2O4S. The number of hydrogen-bond acceptors (Lipinski definition) is 7. The Morgan fingerprint density at radius 3 is 2.80 bits per heavy atom. The fourth-order valence-corrected chi connectivity index (χ4v) is 3.26. The molecule has 0 fully saturated rings. The summed E-state index contributed by atoms with van der Waals surface area (Å²) in [7, 11) is 1.83. The molecule has 2 rings (SSSR count). The highest BCUT2D eigenvalue weighted by Crippen LogP contribution is 2.46. The van der Waals surface area contributed by atoms with Gasteiger partial charge in [0.25, 0.3) is 0 Å². The van der Waals surface area contributed by atoms with Crippen molar-refractivity contribution in [2.45, 2.75) is 24.2 Å². The van der Waals surface area contributed by atoms with Crippen molar-refractivity contribution >= 4 is 29.4 Å². The van der Waals surface area contributed by atoms with E-state index in [0.29, 0.717) is 17.9 Å². The van der Waals surface area contributed by atoms with Gasteiger partial charge in [-0.3, -0.25) is 4.79 Å². The fourth-order valence-electron chi connectivity index (χ4n) is 2.18. The van der Waals surface area contributed by atoms with Gasteiger partial charge in [-0.1, -0.05) is 30.5 Å². The molecule has 0 amide bonds. The zero-order valence-electron chi connectivity index (χ0n) is 13.9. The number of thioether (sulfide) groups is 1. The van der Waals surface area contributed by atoms with Crippen LogP contribution in [0, 0.1) is 11.3 Å². The number of esters is 2. The molecule has 0 bridgehead atoms. The van der Waals surface area contributed by atoms with E-state index in [4.69, 9.17) is 9.47 Å². The van der Waals surface area contributed by atoms with Crippen molar-refractivity contribution in [3.05, 3.63) is 47.7 Å². The summed E-state index contributed by atoms with van der Waals surface area (Å²) in [6.07, 6.45) is 2.27. The van der Waals surface area contributed by atoms with Crippen LogP contribution in [0.5, 0.6) is 0 Å². The van der Waals surface area contributed by atoms with Crippen LogP contribution in [0.1, 0.15) is 19.3 Å². The Morgan fingerprint density at radius 2 is 2.12 bits per heavy atom. The number of allylic oxidation sites excluding steroid dienone is 1. The minimum atomic E-state index is -0.486. The number of hydrogen-bond donors (Lipinski definition) is 0. The monoisotopic (exact) mass is 358 g/mol. The summed E-state index contributed by atoms with van der Waals surface area (Å²) in [6, 6.07) is 9.68. The van der Waals surface area contributed by atoms with Gasteiger partial charge in [0.2, 0.25) is 5.76 Å². The van der Waals surface area contributed by atoms with Gasteiger partial charge in [-0.15, -0.1) is 0 Å². The maximum Gasteiger partial charge on any atom is 0.330 e. The van der Waals surface area contributed by atoms with Crippen LogP contribution in [-0.2, 0) is 19.1 Å². The van der Waals surface area contributed by atoms with Crippen LogP contribution in [0.4, 0.5) is 5.69 Å². The number of rotatable bonds is 7. The van der Waals surface area contributed by atoms with E-state index >= 15 is 0 Å². The van der Waals surface area contributed by atoms with Crippen LogP contribution >= 0.6 is 11.8 Å². The van der Waals surface area contributed by atoms with Gasteiger partial charge >= 0.3 is 11.9 Å². The minimum Gasteiger partial charge on any atom is -0.463 e. The van der Waals surface area contributed by atoms with Crippen molar-refractivity contribution in [3.63, 3.8) is 0 Å². The third kappa shape index (κ3) is 4.88. The van der Waals surface area contributed by atoms with Crippen molar-refractivity contribution in [3.8, 4) is 6.07 Å². The SMILES string of the molecule is C=CC(=O)OCCCCC(=O)O/C(C#N)=C1\Sc2ccccc2N1C. The van der Waals surface area contributed by atoms with Gasteiger partial charge < -0.3 is 14.4 Å².